The predicted octanol–water partition coefficient (Wildman–Crippen LogP) is 5.72. The van der Waals surface area contributed by atoms with Crippen molar-refractivity contribution in [3.05, 3.63) is 58.9 Å². The third-order valence-electron chi connectivity index (χ3n) is 9.11. The zero-order chi connectivity index (χ0) is 30.1. The summed E-state index contributed by atoms with van der Waals surface area (Å²) in [4.78, 5) is 27.9. The van der Waals surface area contributed by atoms with E-state index in [-0.39, 0.29) is 19.0 Å². The number of ether oxygens (including phenoxy) is 1. The molecule has 2 atom stereocenters. The van der Waals surface area contributed by atoms with E-state index in [2.05, 4.69) is 42.8 Å². The third-order valence-corrected chi connectivity index (χ3v) is 9.42. The minimum absolute atomic E-state index is 0.0555. The molecule has 224 valence electrons. The first kappa shape index (κ1) is 29.3. The maximum Gasteiger partial charge on any atom is 0.319 e. The Morgan fingerprint density at radius 1 is 1.14 bits per heavy atom. The zero-order valence-corrected chi connectivity index (χ0v) is 25.2. The van der Waals surface area contributed by atoms with Crippen molar-refractivity contribution in [3.8, 4) is 23.2 Å². The van der Waals surface area contributed by atoms with E-state index in [1.165, 1.54) is 22.4 Å². The number of fused-ring (bicyclic) bond motifs is 2. The molecule has 0 radical (unpaired) electrons. The number of piperazine rings is 1. The molecule has 3 aromatic rings. The standard InChI is InChI=1S/C33H36ClFN6O2/c1-21(35)32(42)41-16-15-40(19-23(41)12-13-36)31-28-17-29(34)27(26-11-5-8-22-7-3-4-10-25(22)26)18-30(28)37-33(38-31)43-20-24-9-6-14-39(24)2/h5,8,11,17-18,23-24H,1,3-4,6-7,9-10,12,14-16,19-20H2,2H3/t23-,24-/m0/s1. The molecule has 1 aliphatic carbocycles. The number of likely N-dealkylation sites (N-methyl/N-ethyl adjacent to an activating group) is 1. The van der Waals surface area contributed by atoms with Crippen molar-refractivity contribution in [2.45, 2.75) is 57.0 Å². The molecule has 0 saturated carbocycles. The van der Waals surface area contributed by atoms with Crippen molar-refractivity contribution in [1.82, 2.24) is 19.8 Å². The largest absolute Gasteiger partial charge is 0.462 e. The Balaban J connectivity index is 1.41. The van der Waals surface area contributed by atoms with Crippen molar-refractivity contribution < 1.29 is 13.9 Å². The quantitative estimate of drug-likeness (QED) is 0.320. The highest BCUT2D eigenvalue weighted by Crippen LogP contribution is 2.40. The van der Waals surface area contributed by atoms with Crippen molar-refractivity contribution in [1.29, 1.82) is 5.26 Å². The van der Waals surface area contributed by atoms with Crippen molar-refractivity contribution in [2.24, 2.45) is 0 Å². The SMILES string of the molecule is C=C(F)C(=O)N1CCN(c2nc(OC[C@@H]3CCCN3C)nc3cc(-c4cccc5c4CCCC5)c(Cl)cc23)C[C@@H]1CC#N. The number of aryl methyl sites for hydroxylation is 1. The first-order valence-corrected chi connectivity index (χ1v) is 15.4. The van der Waals surface area contributed by atoms with Crippen LogP contribution in [0.2, 0.25) is 5.02 Å². The van der Waals surface area contributed by atoms with E-state index < -0.39 is 17.8 Å². The summed E-state index contributed by atoms with van der Waals surface area (Å²) in [7, 11) is 2.10. The number of benzene rings is 2. The molecule has 8 nitrogen and oxygen atoms in total. The average Bonchev–Trinajstić information content (AvgIpc) is 3.43. The molecule has 3 heterocycles. The topological polar surface area (TPSA) is 85.6 Å². The van der Waals surface area contributed by atoms with E-state index in [0.717, 1.165) is 55.2 Å². The lowest BCUT2D eigenvalue weighted by Gasteiger charge is -2.41. The van der Waals surface area contributed by atoms with Gasteiger partial charge >= 0.3 is 6.01 Å². The maximum absolute atomic E-state index is 13.8. The van der Waals surface area contributed by atoms with Crippen LogP contribution in [0.5, 0.6) is 6.01 Å². The third kappa shape index (κ3) is 5.91. The summed E-state index contributed by atoms with van der Waals surface area (Å²) in [6, 6.07) is 12.6. The highest BCUT2D eigenvalue weighted by molar-refractivity contribution is 6.34. The summed E-state index contributed by atoms with van der Waals surface area (Å²) in [5.74, 6) is -1.19. The highest BCUT2D eigenvalue weighted by Gasteiger charge is 2.33. The van der Waals surface area contributed by atoms with Gasteiger partial charge in [-0.05, 0) is 80.9 Å². The molecular weight excluding hydrogens is 567 g/mol. The monoisotopic (exact) mass is 602 g/mol. The van der Waals surface area contributed by atoms with E-state index in [0.29, 0.717) is 42.1 Å². The van der Waals surface area contributed by atoms with Gasteiger partial charge in [-0.25, -0.2) is 4.39 Å². The maximum atomic E-state index is 13.8. The van der Waals surface area contributed by atoms with Gasteiger partial charge < -0.3 is 19.4 Å². The Hall–Kier alpha value is -3.74. The fourth-order valence-corrected chi connectivity index (χ4v) is 7.03. The molecule has 0 N–H and O–H groups in total. The lowest BCUT2D eigenvalue weighted by atomic mass is 9.86. The van der Waals surface area contributed by atoms with Crippen LogP contribution in [0.15, 0.2) is 42.7 Å². The number of hydrogen-bond donors (Lipinski definition) is 0. The van der Waals surface area contributed by atoms with Gasteiger partial charge in [0, 0.05) is 41.6 Å². The number of amides is 1. The zero-order valence-electron chi connectivity index (χ0n) is 24.5. The number of carbonyl (C=O) groups is 1. The molecule has 2 aliphatic heterocycles. The summed E-state index contributed by atoms with van der Waals surface area (Å²) >= 11 is 7.01. The van der Waals surface area contributed by atoms with Gasteiger partial charge in [-0.3, -0.25) is 4.79 Å². The van der Waals surface area contributed by atoms with Gasteiger partial charge in [0.2, 0.25) is 0 Å². The number of carbonyl (C=O) groups excluding carboxylic acids is 1. The summed E-state index contributed by atoms with van der Waals surface area (Å²) in [6.45, 7) is 5.61. The number of rotatable bonds is 7. The van der Waals surface area contributed by atoms with E-state index in [1.807, 2.05) is 17.0 Å². The molecule has 2 saturated heterocycles. The lowest BCUT2D eigenvalue weighted by molar-refractivity contribution is -0.131. The Kier molecular flexibility index (Phi) is 8.51. The van der Waals surface area contributed by atoms with Crippen LogP contribution >= 0.6 is 11.6 Å². The summed E-state index contributed by atoms with van der Waals surface area (Å²) in [5.41, 5.74) is 5.49. The van der Waals surface area contributed by atoms with Gasteiger partial charge in [0.25, 0.3) is 5.91 Å². The van der Waals surface area contributed by atoms with Crippen LogP contribution in [0, 0.1) is 11.3 Å². The van der Waals surface area contributed by atoms with Crippen molar-refractivity contribution in [2.75, 3.05) is 44.7 Å². The van der Waals surface area contributed by atoms with E-state index in [9.17, 15) is 14.4 Å². The smallest absolute Gasteiger partial charge is 0.319 e. The molecule has 0 spiro atoms. The number of halogens is 2. The number of aromatic nitrogens is 2. The fraction of sp³-hybridized carbons (Fsp3) is 0.455. The second-order valence-corrected chi connectivity index (χ2v) is 12.2. The Morgan fingerprint density at radius 2 is 1.98 bits per heavy atom. The molecule has 2 aromatic carbocycles. The number of nitriles is 1. The van der Waals surface area contributed by atoms with Crippen LogP contribution in [0.3, 0.4) is 0 Å². The van der Waals surface area contributed by atoms with E-state index in [1.54, 1.807) is 0 Å². The first-order chi connectivity index (χ1) is 20.8. The molecule has 10 heteroatoms. The van der Waals surface area contributed by atoms with E-state index >= 15 is 0 Å². The van der Waals surface area contributed by atoms with Crippen LogP contribution in [0.1, 0.15) is 43.2 Å². The van der Waals surface area contributed by atoms with Crippen molar-refractivity contribution >= 4 is 34.2 Å². The number of nitrogens with zero attached hydrogens (tertiary/aromatic N) is 6. The van der Waals surface area contributed by atoms with Gasteiger partial charge in [-0.1, -0.05) is 36.4 Å². The summed E-state index contributed by atoms with van der Waals surface area (Å²) < 4.78 is 20.0. The number of hydrogen-bond acceptors (Lipinski definition) is 7. The van der Waals surface area contributed by atoms with Crippen LogP contribution in [-0.2, 0) is 17.6 Å². The van der Waals surface area contributed by atoms with Gasteiger partial charge in [0.1, 0.15) is 12.4 Å². The van der Waals surface area contributed by atoms with Crippen molar-refractivity contribution in [3.63, 3.8) is 0 Å². The van der Waals surface area contributed by atoms with E-state index in [4.69, 9.17) is 26.3 Å². The van der Waals surface area contributed by atoms with Crippen LogP contribution in [-0.4, -0.2) is 77.6 Å². The van der Waals surface area contributed by atoms with Gasteiger partial charge in [0.05, 0.1) is 24.0 Å². The molecule has 43 heavy (non-hydrogen) atoms. The molecule has 3 aliphatic rings. The first-order valence-electron chi connectivity index (χ1n) is 15.1. The molecular formula is C33H36ClFN6O2. The molecule has 2 fully saturated rings. The van der Waals surface area contributed by atoms with Crippen LogP contribution < -0.4 is 9.64 Å². The second-order valence-electron chi connectivity index (χ2n) is 11.8. The Labute approximate surface area is 256 Å². The minimum Gasteiger partial charge on any atom is -0.462 e. The summed E-state index contributed by atoms with van der Waals surface area (Å²) in [6.07, 6.45) is 6.69. The molecule has 1 amide bonds. The number of anilines is 1. The van der Waals surface area contributed by atoms with Gasteiger partial charge in [-0.2, -0.15) is 15.2 Å². The van der Waals surface area contributed by atoms with Crippen LogP contribution in [0.4, 0.5) is 10.2 Å². The number of likely N-dealkylation sites (tertiary alicyclic amines) is 1. The second kappa shape index (κ2) is 12.5. The Bertz CT molecular complexity index is 1610. The average molecular weight is 603 g/mol. The van der Waals surface area contributed by atoms with Gasteiger partial charge in [-0.15, -0.1) is 0 Å². The highest BCUT2D eigenvalue weighted by atomic mass is 35.5. The van der Waals surface area contributed by atoms with Gasteiger partial charge in [0.15, 0.2) is 5.83 Å². The lowest BCUT2D eigenvalue weighted by Crippen LogP contribution is -2.55. The molecule has 0 unspecified atom stereocenters. The normalized spacial score (nSPS) is 20.6. The predicted molar refractivity (Wildman–Crippen MR) is 166 cm³/mol. The van der Waals surface area contributed by atoms with Crippen LogP contribution in [0.25, 0.3) is 22.0 Å². The molecule has 1 aromatic heterocycles. The molecule has 6 rings (SSSR count). The Morgan fingerprint density at radius 3 is 2.74 bits per heavy atom. The fourth-order valence-electron chi connectivity index (χ4n) is 6.77. The minimum atomic E-state index is -1.03. The summed E-state index contributed by atoms with van der Waals surface area (Å²) in [5, 5.41) is 10.9. The molecule has 0 bridgehead atoms.